The quantitative estimate of drug-likeness (QED) is 0.859. The molecule has 0 radical (unpaired) electrons. The predicted octanol–water partition coefficient (Wildman–Crippen LogP) is 3.60. The van der Waals surface area contributed by atoms with E-state index >= 15 is 0 Å². The van der Waals surface area contributed by atoms with E-state index in [2.05, 4.69) is 17.9 Å². The van der Waals surface area contributed by atoms with Crippen LogP contribution in [0.5, 0.6) is 0 Å². The third-order valence-corrected chi connectivity index (χ3v) is 4.29. The van der Waals surface area contributed by atoms with Gasteiger partial charge in [-0.1, -0.05) is 43.2 Å². The lowest BCUT2D eigenvalue weighted by atomic mass is 9.94. The van der Waals surface area contributed by atoms with Gasteiger partial charge in [-0.25, -0.2) is 0 Å². The molecule has 1 saturated heterocycles. The Morgan fingerprint density at radius 2 is 2.11 bits per heavy atom. The number of rotatable bonds is 3. The number of hydrogen-bond acceptors (Lipinski definition) is 2. The lowest BCUT2D eigenvalue weighted by Gasteiger charge is -2.34. The number of nitrogens with two attached hydrogens (primary N) is 1. The molecule has 98 valence electrons. The third kappa shape index (κ3) is 2.78. The van der Waals surface area contributed by atoms with Crippen LogP contribution in [-0.2, 0) is 0 Å². The number of benzene rings is 1. The first kappa shape index (κ1) is 13.6. The van der Waals surface area contributed by atoms with E-state index in [-0.39, 0.29) is 0 Å². The maximum absolute atomic E-state index is 6.21. The number of hydrogen-bond donors (Lipinski definition) is 1. The Labute approximate surface area is 119 Å². The molecule has 1 aromatic carbocycles. The number of nitrogens with zero attached hydrogens (tertiary/aromatic N) is 1. The highest BCUT2D eigenvalue weighted by Crippen LogP contribution is 2.31. The first-order chi connectivity index (χ1) is 8.63. The van der Waals surface area contributed by atoms with Gasteiger partial charge < -0.3 is 10.6 Å². The van der Waals surface area contributed by atoms with Crippen molar-refractivity contribution in [2.45, 2.75) is 26.2 Å². The zero-order valence-corrected chi connectivity index (χ0v) is 12.2. The molecular weight excluding hydrogens is 264 g/mol. The molecular formula is C14H19ClN2S. The van der Waals surface area contributed by atoms with Gasteiger partial charge >= 0.3 is 0 Å². The van der Waals surface area contributed by atoms with Crippen molar-refractivity contribution in [3.63, 3.8) is 0 Å². The average Bonchev–Trinajstić information content (AvgIpc) is 2.38. The van der Waals surface area contributed by atoms with E-state index in [4.69, 9.17) is 29.6 Å². The summed E-state index contributed by atoms with van der Waals surface area (Å²) in [5.74, 6) is 0.855. The molecule has 0 amide bonds. The fourth-order valence-corrected chi connectivity index (χ4v) is 3.14. The van der Waals surface area contributed by atoms with Crippen LogP contribution in [0.3, 0.4) is 0 Å². The second-order valence-corrected chi connectivity index (χ2v) is 5.68. The van der Waals surface area contributed by atoms with Crippen LogP contribution in [0.1, 0.15) is 31.7 Å². The summed E-state index contributed by atoms with van der Waals surface area (Å²) in [5, 5.41) is 0.651. The molecule has 2 rings (SSSR count). The molecule has 2 N–H and O–H groups in total. The SMILES string of the molecule is CCC1CCN(c2cccc(Cl)c2C(N)=S)CC1. The van der Waals surface area contributed by atoms with E-state index in [1.807, 2.05) is 12.1 Å². The smallest absolute Gasteiger partial charge is 0.107 e. The van der Waals surface area contributed by atoms with Crippen LogP contribution in [-0.4, -0.2) is 18.1 Å². The lowest BCUT2D eigenvalue weighted by Crippen LogP contribution is -2.35. The predicted molar refractivity (Wildman–Crippen MR) is 82.6 cm³/mol. The van der Waals surface area contributed by atoms with Crippen molar-refractivity contribution in [1.82, 2.24) is 0 Å². The Morgan fingerprint density at radius 3 is 2.67 bits per heavy atom. The molecule has 1 heterocycles. The summed E-state index contributed by atoms with van der Waals surface area (Å²) in [7, 11) is 0. The highest BCUT2D eigenvalue weighted by atomic mass is 35.5. The van der Waals surface area contributed by atoms with Crippen LogP contribution in [0.4, 0.5) is 5.69 Å². The van der Waals surface area contributed by atoms with E-state index in [9.17, 15) is 0 Å². The molecule has 0 unspecified atom stereocenters. The van der Waals surface area contributed by atoms with Crippen molar-refractivity contribution >= 4 is 34.5 Å². The molecule has 0 aromatic heterocycles. The van der Waals surface area contributed by atoms with Crippen LogP contribution in [0.2, 0.25) is 5.02 Å². The topological polar surface area (TPSA) is 29.3 Å². The summed E-state index contributed by atoms with van der Waals surface area (Å²) in [6.45, 7) is 4.39. The Balaban J connectivity index is 2.24. The van der Waals surface area contributed by atoms with E-state index < -0.39 is 0 Å². The average molecular weight is 283 g/mol. The molecule has 4 heteroatoms. The normalized spacial score (nSPS) is 16.9. The monoisotopic (exact) mass is 282 g/mol. The first-order valence-electron chi connectivity index (χ1n) is 6.46. The van der Waals surface area contributed by atoms with Gasteiger partial charge in [0.05, 0.1) is 10.6 Å². The fraction of sp³-hybridized carbons (Fsp3) is 0.500. The number of halogens is 1. The molecule has 1 aromatic rings. The minimum absolute atomic E-state index is 0.383. The van der Waals surface area contributed by atoms with E-state index in [1.54, 1.807) is 0 Å². The summed E-state index contributed by atoms with van der Waals surface area (Å²) in [6.07, 6.45) is 3.74. The minimum atomic E-state index is 0.383. The van der Waals surface area contributed by atoms with Gasteiger partial charge in [0.1, 0.15) is 4.99 Å². The summed E-state index contributed by atoms with van der Waals surface area (Å²) in [5.41, 5.74) is 7.71. The zero-order chi connectivity index (χ0) is 13.1. The molecule has 0 spiro atoms. The Bertz CT molecular complexity index is 439. The molecule has 1 aliphatic heterocycles. The molecule has 18 heavy (non-hydrogen) atoms. The molecule has 0 aliphatic carbocycles. The van der Waals surface area contributed by atoms with Gasteiger partial charge in [0, 0.05) is 18.8 Å². The van der Waals surface area contributed by atoms with Crippen molar-refractivity contribution in [3.8, 4) is 0 Å². The summed E-state index contributed by atoms with van der Waals surface area (Å²) in [4.78, 5) is 2.74. The number of anilines is 1. The van der Waals surface area contributed by atoms with E-state index in [0.717, 1.165) is 30.3 Å². The van der Waals surface area contributed by atoms with E-state index in [1.165, 1.54) is 19.3 Å². The van der Waals surface area contributed by atoms with Crippen molar-refractivity contribution in [2.75, 3.05) is 18.0 Å². The van der Waals surface area contributed by atoms with Gasteiger partial charge in [-0.05, 0) is 30.9 Å². The zero-order valence-electron chi connectivity index (χ0n) is 10.7. The second kappa shape index (κ2) is 5.89. The highest BCUT2D eigenvalue weighted by molar-refractivity contribution is 7.80. The van der Waals surface area contributed by atoms with Crippen molar-refractivity contribution in [2.24, 2.45) is 11.7 Å². The van der Waals surface area contributed by atoms with Gasteiger partial charge in [-0.3, -0.25) is 0 Å². The lowest BCUT2D eigenvalue weighted by molar-refractivity contribution is 0.395. The highest BCUT2D eigenvalue weighted by Gasteiger charge is 2.21. The van der Waals surface area contributed by atoms with Crippen LogP contribution in [0.15, 0.2) is 18.2 Å². The Hall–Kier alpha value is -0.800. The molecule has 1 fully saturated rings. The molecule has 1 aliphatic rings. The van der Waals surface area contributed by atoms with Gasteiger partial charge in [-0.15, -0.1) is 0 Å². The standard InChI is InChI=1S/C14H19ClN2S/c1-2-10-6-8-17(9-7-10)12-5-3-4-11(15)13(12)14(16)18/h3-5,10H,2,6-9H2,1H3,(H2,16,18). The molecule has 2 nitrogen and oxygen atoms in total. The minimum Gasteiger partial charge on any atom is -0.389 e. The van der Waals surface area contributed by atoms with Crippen LogP contribution >= 0.6 is 23.8 Å². The van der Waals surface area contributed by atoms with E-state index in [0.29, 0.717) is 10.0 Å². The van der Waals surface area contributed by atoms with Crippen LogP contribution in [0, 0.1) is 5.92 Å². The third-order valence-electron chi connectivity index (χ3n) is 3.77. The van der Waals surface area contributed by atoms with Crippen molar-refractivity contribution in [3.05, 3.63) is 28.8 Å². The maximum atomic E-state index is 6.21. The van der Waals surface area contributed by atoms with Gasteiger partial charge in [0.2, 0.25) is 0 Å². The largest absolute Gasteiger partial charge is 0.389 e. The number of piperidine rings is 1. The Kier molecular flexibility index (Phi) is 4.46. The molecule has 0 bridgehead atoms. The van der Waals surface area contributed by atoms with Crippen molar-refractivity contribution in [1.29, 1.82) is 0 Å². The molecule has 0 atom stereocenters. The number of thiocarbonyl (C=S) groups is 1. The van der Waals surface area contributed by atoms with Crippen molar-refractivity contribution < 1.29 is 0 Å². The van der Waals surface area contributed by atoms with Gasteiger partial charge in [0.25, 0.3) is 0 Å². The second-order valence-electron chi connectivity index (χ2n) is 4.84. The summed E-state index contributed by atoms with van der Waals surface area (Å²) >= 11 is 11.3. The fourth-order valence-electron chi connectivity index (χ4n) is 2.60. The van der Waals surface area contributed by atoms with Crippen LogP contribution < -0.4 is 10.6 Å². The Morgan fingerprint density at radius 1 is 1.44 bits per heavy atom. The van der Waals surface area contributed by atoms with Gasteiger partial charge in [0.15, 0.2) is 0 Å². The first-order valence-corrected chi connectivity index (χ1v) is 7.25. The van der Waals surface area contributed by atoms with Gasteiger partial charge in [-0.2, -0.15) is 0 Å². The molecule has 0 saturated carbocycles. The summed E-state index contributed by atoms with van der Waals surface area (Å²) < 4.78 is 0. The maximum Gasteiger partial charge on any atom is 0.107 e. The van der Waals surface area contributed by atoms with Crippen LogP contribution in [0.25, 0.3) is 0 Å². The summed E-state index contributed by atoms with van der Waals surface area (Å²) in [6, 6.07) is 5.87.